The summed E-state index contributed by atoms with van der Waals surface area (Å²) >= 11 is 0. The van der Waals surface area contributed by atoms with Crippen LogP contribution < -0.4 is 0 Å². The summed E-state index contributed by atoms with van der Waals surface area (Å²) in [5, 5.41) is 0. The normalized spacial score (nSPS) is 43.2. The zero-order valence-electron chi connectivity index (χ0n) is 8.60. The van der Waals surface area contributed by atoms with Gasteiger partial charge in [0.2, 0.25) is 0 Å². The molecule has 2 atom stereocenters. The van der Waals surface area contributed by atoms with E-state index < -0.39 is 0 Å². The molecule has 0 radical (unpaired) electrons. The van der Waals surface area contributed by atoms with E-state index in [1.54, 1.807) is 0 Å². The number of hydrogen-bond acceptors (Lipinski definition) is 1. The van der Waals surface area contributed by atoms with Crippen LogP contribution >= 0.6 is 0 Å². The summed E-state index contributed by atoms with van der Waals surface area (Å²) in [7, 11) is 0. The highest BCUT2D eigenvalue weighted by Gasteiger charge is 2.65. The standard InChI is InChI=1S/C12H18O/c1-10(2)6-9-12-8-5-4-7-11(12,3)13-12/h6,9H,1,4-5,7-8H2,2-3H3/b9-6+. The number of rotatable bonds is 2. The van der Waals surface area contributed by atoms with E-state index in [9.17, 15) is 0 Å². The van der Waals surface area contributed by atoms with Gasteiger partial charge in [0, 0.05) is 0 Å². The summed E-state index contributed by atoms with van der Waals surface area (Å²) in [5.41, 5.74) is 1.33. The summed E-state index contributed by atoms with van der Waals surface area (Å²) in [6, 6.07) is 0. The lowest BCUT2D eigenvalue weighted by molar-refractivity contribution is 0.290. The number of ether oxygens (including phenoxy) is 1. The molecule has 0 spiro atoms. The number of fused-ring (bicyclic) bond motifs is 1. The Labute approximate surface area is 80.5 Å². The van der Waals surface area contributed by atoms with Crippen molar-refractivity contribution in [2.75, 3.05) is 0 Å². The Morgan fingerprint density at radius 2 is 2.08 bits per heavy atom. The third-order valence-electron chi connectivity index (χ3n) is 3.35. The molecular formula is C12H18O. The van der Waals surface area contributed by atoms with Crippen LogP contribution in [-0.2, 0) is 4.74 Å². The topological polar surface area (TPSA) is 12.5 Å². The molecule has 2 unspecified atom stereocenters. The lowest BCUT2D eigenvalue weighted by Gasteiger charge is -2.18. The maximum Gasteiger partial charge on any atom is 0.116 e. The first-order valence-electron chi connectivity index (χ1n) is 5.13. The van der Waals surface area contributed by atoms with Gasteiger partial charge in [0.05, 0.1) is 5.60 Å². The van der Waals surface area contributed by atoms with Gasteiger partial charge in [0.15, 0.2) is 0 Å². The lowest BCUT2D eigenvalue weighted by atomic mass is 9.80. The van der Waals surface area contributed by atoms with Crippen molar-refractivity contribution in [2.45, 2.75) is 50.7 Å². The molecule has 1 heteroatoms. The van der Waals surface area contributed by atoms with Gasteiger partial charge in [-0.05, 0) is 32.8 Å². The number of epoxide rings is 1. The van der Waals surface area contributed by atoms with Crippen molar-refractivity contribution in [2.24, 2.45) is 0 Å². The molecule has 1 saturated heterocycles. The molecule has 13 heavy (non-hydrogen) atoms. The molecule has 0 aromatic carbocycles. The van der Waals surface area contributed by atoms with E-state index in [1.807, 2.05) is 6.92 Å². The van der Waals surface area contributed by atoms with Crippen LogP contribution in [0.1, 0.15) is 39.5 Å². The van der Waals surface area contributed by atoms with Crippen LogP contribution in [0.3, 0.4) is 0 Å². The van der Waals surface area contributed by atoms with Crippen LogP contribution in [0.25, 0.3) is 0 Å². The maximum absolute atomic E-state index is 5.88. The molecule has 0 bridgehead atoms. The molecule has 72 valence electrons. The lowest BCUT2D eigenvalue weighted by Crippen LogP contribution is -2.25. The van der Waals surface area contributed by atoms with E-state index in [4.69, 9.17) is 4.74 Å². The van der Waals surface area contributed by atoms with Gasteiger partial charge in [-0.2, -0.15) is 0 Å². The smallest absolute Gasteiger partial charge is 0.116 e. The maximum atomic E-state index is 5.88. The number of hydrogen-bond donors (Lipinski definition) is 0. The van der Waals surface area contributed by atoms with Crippen molar-refractivity contribution in [3.05, 3.63) is 24.3 Å². The van der Waals surface area contributed by atoms with Gasteiger partial charge in [-0.3, -0.25) is 0 Å². The van der Waals surface area contributed by atoms with Crippen LogP contribution in [0.15, 0.2) is 24.3 Å². The second-order valence-electron chi connectivity index (χ2n) is 4.61. The Balaban J connectivity index is 2.10. The third-order valence-corrected chi connectivity index (χ3v) is 3.35. The average molecular weight is 178 g/mol. The first-order valence-corrected chi connectivity index (χ1v) is 5.13. The predicted molar refractivity (Wildman–Crippen MR) is 54.6 cm³/mol. The summed E-state index contributed by atoms with van der Waals surface area (Å²) < 4.78 is 5.88. The van der Waals surface area contributed by atoms with Crippen molar-refractivity contribution in [3.63, 3.8) is 0 Å². The molecule has 2 rings (SSSR count). The van der Waals surface area contributed by atoms with Crippen LogP contribution in [-0.4, -0.2) is 11.2 Å². The predicted octanol–water partition coefficient (Wildman–Crippen LogP) is 3.22. The van der Waals surface area contributed by atoms with Gasteiger partial charge in [-0.25, -0.2) is 0 Å². The molecule has 0 amide bonds. The first-order chi connectivity index (χ1) is 6.08. The fourth-order valence-corrected chi connectivity index (χ4v) is 2.37. The van der Waals surface area contributed by atoms with Crippen molar-refractivity contribution in [1.29, 1.82) is 0 Å². The molecule has 1 heterocycles. The van der Waals surface area contributed by atoms with Gasteiger partial charge >= 0.3 is 0 Å². The van der Waals surface area contributed by atoms with E-state index in [2.05, 4.69) is 25.7 Å². The summed E-state index contributed by atoms with van der Waals surface area (Å²) in [5.74, 6) is 0. The highest BCUT2D eigenvalue weighted by molar-refractivity contribution is 5.29. The Hall–Kier alpha value is -0.560. The molecule has 1 saturated carbocycles. The zero-order valence-corrected chi connectivity index (χ0v) is 8.60. The van der Waals surface area contributed by atoms with Crippen molar-refractivity contribution >= 4 is 0 Å². The monoisotopic (exact) mass is 178 g/mol. The second kappa shape index (κ2) is 2.71. The molecule has 1 aliphatic carbocycles. The summed E-state index contributed by atoms with van der Waals surface area (Å²) in [6.45, 7) is 8.12. The van der Waals surface area contributed by atoms with E-state index in [1.165, 1.54) is 25.7 Å². The van der Waals surface area contributed by atoms with Crippen molar-refractivity contribution in [3.8, 4) is 0 Å². The minimum Gasteiger partial charge on any atom is -0.358 e. The Kier molecular flexibility index (Phi) is 1.88. The number of allylic oxidation sites excluding steroid dienone is 2. The molecular weight excluding hydrogens is 160 g/mol. The summed E-state index contributed by atoms with van der Waals surface area (Å²) in [4.78, 5) is 0. The fraction of sp³-hybridized carbons (Fsp3) is 0.667. The van der Waals surface area contributed by atoms with Gasteiger partial charge < -0.3 is 4.74 Å². The Morgan fingerprint density at radius 3 is 2.69 bits per heavy atom. The zero-order chi connectivity index (χ0) is 9.53. The molecule has 1 aliphatic heterocycles. The molecule has 2 fully saturated rings. The first kappa shape index (κ1) is 9.01. The third kappa shape index (κ3) is 1.35. The highest BCUT2D eigenvalue weighted by atomic mass is 16.6. The van der Waals surface area contributed by atoms with E-state index in [0.29, 0.717) is 0 Å². The quantitative estimate of drug-likeness (QED) is 0.467. The Morgan fingerprint density at radius 1 is 1.38 bits per heavy atom. The van der Waals surface area contributed by atoms with Crippen molar-refractivity contribution < 1.29 is 4.74 Å². The minimum atomic E-state index is 0.0736. The van der Waals surface area contributed by atoms with Crippen LogP contribution in [0.2, 0.25) is 0 Å². The van der Waals surface area contributed by atoms with Crippen molar-refractivity contribution in [1.82, 2.24) is 0 Å². The summed E-state index contributed by atoms with van der Waals surface area (Å²) in [6.07, 6.45) is 9.33. The van der Waals surface area contributed by atoms with Gasteiger partial charge in [-0.1, -0.05) is 31.1 Å². The van der Waals surface area contributed by atoms with Crippen LogP contribution in [0.5, 0.6) is 0 Å². The van der Waals surface area contributed by atoms with E-state index >= 15 is 0 Å². The van der Waals surface area contributed by atoms with Crippen LogP contribution in [0.4, 0.5) is 0 Å². The Bertz CT molecular complexity index is 262. The van der Waals surface area contributed by atoms with Gasteiger partial charge in [0.1, 0.15) is 5.60 Å². The molecule has 0 N–H and O–H groups in total. The second-order valence-corrected chi connectivity index (χ2v) is 4.61. The average Bonchev–Trinajstić information content (AvgIpc) is 2.68. The minimum absolute atomic E-state index is 0.0736. The molecule has 0 aromatic heterocycles. The molecule has 2 aliphatic rings. The largest absolute Gasteiger partial charge is 0.358 e. The van der Waals surface area contributed by atoms with E-state index in [0.717, 1.165) is 5.57 Å². The SMILES string of the molecule is C=C(C)/C=C/C12CCCCC1(C)O2. The van der Waals surface area contributed by atoms with E-state index in [-0.39, 0.29) is 11.2 Å². The van der Waals surface area contributed by atoms with Crippen LogP contribution in [0, 0.1) is 0 Å². The van der Waals surface area contributed by atoms with Gasteiger partial charge in [-0.15, -0.1) is 0 Å². The molecule has 1 nitrogen and oxygen atoms in total. The van der Waals surface area contributed by atoms with Gasteiger partial charge in [0.25, 0.3) is 0 Å². The molecule has 0 aromatic rings. The highest BCUT2D eigenvalue weighted by Crippen LogP contribution is 2.58. The fourth-order valence-electron chi connectivity index (χ4n) is 2.37.